The molecule has 2 rings (SSSR count). The van der Waals surface area contributed by atoms with Crippen LogP contribution in [0.25, 0.3) is 0 Å². The van der Waals surface area contributed by atoms with Crippen LogP contribution in [0.15, 0.2) is 5.03 Å². The number of hydrogen-bond acceptors (Lipinski definition) is 5. The minimum Gasteiger partial charge on any atom is -0.478 e. The van der Waals surface area contributed by atoms with Gasteiger partial charge in [-0.1, -0.05) is 6.92 Å². The number of carbonyl (C=O) groups is 1. The summed E-state index contributed by atoms with van der Waals surface area (Å²) in [6.45, 7) is 5.36. The average molecular weight is 296 g/mol. The van der Waals surface area contributed by atoms with Gasteiger partial charge < -0.3 is 10.2 Å². The van der Waals surface area contributed by atoms with E-state index in [4.69, 9.17) is 0 Å². The molecule has 0 radical (unpaired) electrons. The van der Waals surface area contributed by atoms with Gasteiger partial charge in [-0.15, -0.1) is 11.8 Å². The number of aromatic carboxylic acids is 1. The lowest BCUT2D eigenvalue weighted by molar-refractivity contribution is 0.0688. The normalized spacial score (nSPS) is 17.8. The molecule has 1 fully saturated rings. The summed E-state index contributed by atoms with van der Waals surface area (Å²) in [5.41, 5.74) is -0.154. The van der Waals surface area contributed by atoms with Crippen LogP contribution in [0.1, 0.15) is 60.9 Å². The van der Waals surface area contributed by atoms with Crippen molar-refractivity contribution in [2.75, 3.05) is 5.75 Å². The third-order valence-corrected chi connectivity index (χ3v) is 4.85. The number of aryl methyl sites for hydroxylation is 1. The second-order valence-corrected chi connectivity index (χ2v) is 6.53. The van der Waals surface area contributed by atoms with E-state index in [0.29, 0.717) is 28.8 Å². The molecular weight excluding hydrogens is 276 g/mol. The molecule has 110 valence electrons. The first kappa shape index (κ1) is 15.3. The SMILES string of the molecule is CCC(C)(O)CSc1nc(C2CC2)nc(C)c1C(=O)O. The molecule has 6 heteroatoms. The number of carboxylic acids is 1. The molecule has 0 amide bonds. The van der Waals surface area contributed by atoms with E-state index >= 15 is 0 Å². The minimum atomic E-state index is -1.01. The molecule has 2 N–H and O–H groups in total. The Morgan fingerprint density at radius 2 is 2.10 bits per heavy atom. The van der Waals surface area contributed by atoms with Crippen LogP contribution in [0.2, 0.25) is 0 Å². The highest BCUT2D eigenvalue weighted by Gasteiger charge is 2.30. The molecule has 0 spiro atoms. The quantitative estimate of drug-likeness (QED) is 0.620. The fourth-order valence-electron chi connectivity index (χ4n) is 1.77. The van der Waals surface area contributed by atoms with E-state index in [1.807, 2.05) is 6.92 Å². The summed E-state index contributed by atoms with van der Waals surface area (Å²) in [6, 6.07) is 0. The summed E-state index contributed by atoms with van der Waals surface area (Å²) >= 11 is 1.30. The number of aromatic nitrogens is 2. The Balaban J connectivity index is 2.30. The van der Waals surface area contributed by atoms with Gasteiger partial charge in [0.1, 0.15) is 16.4 Å². The highest BCUT2D eigenvalue weighted by Crippen LogP contribution is 2.39. The second kappa shape index (κ2) is 5.69. The first-order valence-corrected chi connectivity index (χ1v) is 7.79. The van der Waals surface area contributed by atoms with Gasteiger partial charge in [0.25, 0.3) is 0 Å². The summed E-state index contributed by atoms with van der Waals surface area (Å²) in [6.07, 6.45) is 2.76. The lowest BCUT2D eigenvalue weighted by Crippen LogP contribution is -2.26. The Hall–Kier alpha value is -1.14. The molecule has 0 saturated heterocycles. The molecule has 0 aliphatic heterocycles. The van der Waals surface area contributed by atoms with Gasteiger partial charge >= 0.3 is 5.97 Å². The van der Waals surface area contributed by atoms with E-state index in [-0.39, 0.29) is 5.56 Å². The first-order chi connectivity index (χ1) is 9.34. The Morgan fingerprint density at radius 1 is 1.45 bits per heavy atom. The van der Waals surface area contributed by atoms with Gasteiger partial charge in [-0.05, 0) is 33.1 Å². The van der Waals surface area contributed by atoms with E-state index in [2.05, 4.69) is 9.97 Å². The molecule has 0 bridgehead atoms. The van der Waals surface area contributed by atoms with Gasteiger partial charge in [-0.2, -0.15) is 0 Å². The molecule has 0 aromatic carbocycles. The predicted octanol–water partition coefficient (Wildman–Crippen LogP) is 2.61. The number of rotatable bonds is 6. The smallest absolute Gasteiger partial charge is 0.340 e. The Labute approximate surface area is 122 Å². The molecule has 1 aromatic heterocycles. The maximum absolute atomic E-state index is 11.4. The van der Waals surface area contributed by atoms with Crippen LogP contribution in [0.3, 0.4) is 0 Å². The molecule has 1 aliphatic carbocycles. The van der Waals surface area contributed by atoms with Crippen molar-refractivity contribution >= 4 is 17.7 Å². The fourth-order valence-corrected chi connectivity index (χ4v) is 2.96. The monoisotopic (exact) mass is 296 g/mol. The van der Waals surface area contributed by atoms with E-state index in [1.54, 1.807) is 13.8 Å². The van der Waals surface area contributed by atoms with E-state index in [1.165, 1.54) is 11.8 Å². The lowest BCUT2D eigenvalue weighted by Gasteiger charge is -2.21. The molecule has 5 nitrogen and oxygen atoms in total. The number of nitrogens with zero attached hydrogens (tertiary/aromatic N) is 2. The summed E-state index contributed by atoms with van der Waals surface area (Å²) in [5.74, 6) is 0.529. The topological polar surface area (TPSA) is 83.3 Å². The Morgan fingerprint density at radius 3 is 2.60 bits per heavy atom. The Kier molecular flexibility index (Phi) is 4.34. The largest absolute Gasteiger partial charge is 0.478 e. The molecule has 1 aromatic rings. The van der Waals surface area contributed by atoms with Gasteiger partial charge in [0, 0.05) is 11.7 Å². The van der Waals surface area contributed by atoms with Crippen LogP contribution in [-0.4, -0.2) is 37.5 Å². The van der Waals surface area contributed by atoms with Crippen molar-refractivity contribution in [3.05, 3.63) is 17.1 Å². The van der Waals surface area contributed by atoms with Crippen LogP contribution >= 0.6 is 11.8 Å². The lowest BCUT2D eigenvalue weighted by atomic mass is 10.1. The van der Waals surface area contributed by atoms with Crippen LogP contribution in [0.4, 0.5) is 0 Å². The minimum absolute atomic E-state index is 0.159. The van der Waals surface area contributed by atoms with Crippen LogP contribution < -0.4 is 0 Å². The molecule has 20 heavy (non-hydrogen) atoms. The van der Waals surface area contributed by atoms with E-state index < -0.39 is 11.6 Å². The standard InChI is InChI=1S/C14H20N2O3S/c1-4-14(3,19)7-20-12-10(13(17)18)8(2)15-11(16-12)9-5-6-9/h9,19H,4-7H2,1-3H3,(H,17,18). The van der Waals surface area contributed by atoms with Gasteiger partial charge in [-0.25, -0.2) is 14.8 Å². The molecule has 1 saturated carbocycles. The van der Waals surface area contributed by atoms with Crippen LogP contribution in [0.5, 0.6) is 0 Å². The maximum Gasteiger partial charge on any atom is 0.340 e. The number of aliphatic hydroxyl groups is 1. The van der Waals surface area contributed by atoms with E-state index in [9.17, 15) is 15.0 Å². The van der Waals surface area contributed by atoms with Crippen molar-refractivity contribution in [3.8, 4) is 0 Å². The highest BCUT2D eigenvalue weighted by atomic mass is 32.2. The molecular formula is C14H20N2O3S. The predicted molar refractivity (Wildman–Crippen MR) is 77.3 cm³/mol. The third kappa shape index (κ3) is 3.49. The van der Waals surface area contributed by atoms with Crippen molar-refractivity contribution in [1.29, 1.82) is 0 Å². The molecule has 1 aliphatic rings. The van der Waals surface area contributed by atoms with Gasteiger partial charge in [0.15, 0.2) is 0 Å². The maximum atomic E-state index is 11.4. The molecule has 1 heterocycles. The fraction of sp³-hybridized carbons (Fsp3) is 0.643. The zero-order valence-corrected chi connectivity index (χ0v) is 12.8. The third-order valence-electron chi connectivity index (χ3n) is 3.51. The van der Waals surface area contributed by atoms with Gasteiger partial charge in [-0.3, -0.25) is 0 Å². The highest BCUT2D eigenvalue weighted by molar-refractivity contribution is 7.99. The van der Waals surface area contributed by atoms with Crippen molar-refractivity contribution in [3.63, 3.8) is 0 Å². The van der Waals surface area contributed by atoms with Crippen LogP contribution in [0, 0.1) is 6.92 Å². The molecule has 1 unspecified atom stereocenters. The van der Waals surface area contributed by atoms with Crippen molar-refractivity contribution in [2.24, 2.45) is 0 Å². The van der Waals surface area contributed by atoms with Crippen molar-refractivity contribution in [2.45, 2.75) is 56.6 Å². The zero-order valence-electron chi connectivity index (χ0n) is 12.0. The average Bonchev–Trinajstić information content (AvgIpc) is 3.19. The first-order valence-electron chi connectivity index (χ1n) is 6.81. The zero-order chi connectivity index (χ0) is 14.9. The Bertz CT molecular complexity index is 527. The second-order valence-electron chi connectivity index (χ2n) is 5.57. The number of carboxylic acid groups (broad SMARTS) is 1. The number of hydrogen-bond donors (Lipinski definition) is 2. The van der Waals surface area contributed by atoms with Gasteiger partial charge in [0.2, 0.25) is 0 Å². The number of thioether (sulfide) groups is 1. The van der Waals surface area contributed by atoms with E-state index in [0.717, 1.165) is 18.7 Å². The van der Waals surface area contributed by atoms with Gasteiger partial charge in [0.05, 0.1) is 11.3 Å². The van der Waals surface area contributed by atoms with Crippen molar-refractivity contribution in [1.82, 2.24) is 9.97 Å². The van der Waals surface area contributed by atoms with Crippen LogP contribution in [-0.2, 0) is 0 Å². The summed E-state index contributed by atoms with van der Waals surface area (Å²) < 4.78 is 0. The van der Waals surface area contributed by atoms with Crippen molar-refractivity contribution < 1.29 is 15.0 Å². The summed E-state index contributed by atoms with van der Waals surface area (Å²) in [4.78, 5) is 20.1. The summed E-state index contributed by atoms with van der Waals surface area (Å²) in [5, 5.41) is 19.9. The molecule has 1 atom stereocenters. The summed E-state index contributed by atoms with van der Waals surface area (Å²) in [7, 11) is 0.